The Morgan fingerprint density at radius 2 is 2.11 bits per heavy atom. The van der Waals surface area contributed by atoms with Crippen LogP contribution in [0, 0.1) is 5.41 Å². The zero-order valence-electron chi connectivity index (χ0n) is 11.1. The average molecular weight is 240 g/mol. The molecule has 0 saturated heterocycles. The van der Waals surface area contributed by atoms with E-state index in [9.17, 15) is 0 Å². The molecule has 2 nitrogen and oxygen atoms in total. The fourth-order valence-corrected chi connectivity index (χ4v) is 2.80. The lowest BCUT2D eigenvalue weighted by Crippen LogP contribution is -2.28. The van der Waals surface area contributed by atoms with Crippen LogP contribution in [-0.4, -0.2) is 11.5 Å². The molecule has 1 aliphatic rings. The third kappa shape index (κ3) is 1.91. The smallest absolute Gasteiger partial charge is 0.0705 e. The van der Waals surface area contributed by atoms with Crippen molar-refractivity contribution >= 4 is 10.9 Å². The molecule has 1 fully saturated rings. The van der Waals surface area contributed by atoms with Gasteiger partial charge in [0.2, 0.25) is 0 Å². The fourth-order valence-electron chi connectivity index (χ4n) is 2.80. The van der Waals surface area contributed by atoms with E-state index in [0.29, 0.717) is 11.5 Å². The first-order valence-corrected chi connectivity index (χ1v) is 6.81. The normalized spacial score (nSPS) is 18.8. The molecule has 94 valence electrons. The van der Waals surface area contributed by atoms with Crippen LogP contribution in [0.4, 0.5) is 0 Å². The second-order valence-corrected chi connectivity index (χ2v) is 5.56. The van der Waals surface area contributed by atoms with Crippen LogP contribution in [0.15, 0.2) is 36.5 Å². The van der Waals surface area contributed by atoms with Crippen LogP contribution in [0.2, 0.25) is 0 Å². The van der Waals surface area contributed by atoms with E-state index in [-0.39, 0.29) is 0 Å². The summed E-state index contributed by atoms with van der Waals surface area (Å²) in [5, 5.41) is 4.96. The molecule has 1 aromatic carbocycles. The van der Waals surface area contributed by atoms with Gasteiger partial charge in [-0.3, -0.25) is 4.98 Å². The second kappa shape index (κ2) is 4.36. The molecule has 0 bridgehead atoms. The highest BCUT2D eigenvalue weighted by Crippen LogP contribution is 2.55. The monoisotopic (exact) mass is 240 g/mol. The van der Waals surface area contributed by atoms with E-state index in [1.165, 1.54) is 23.8 Å². The van der Waals surface area contributed by atoms with E-state index in [4.69, 9.17) is 0 Å². The van der Waals surface area contributed by atoms with Crippen LogP contribution in [-0.2, 0) is 0 Å². The quantitative estimate of drug-likeness (QED) is 0.881. The molecule has 1 unspecified atom stereocenters. The SMILES string of the molecule is CCNC(c1cccc2ncccc12)C1(C)CC1. The summed E-state index contributed by atoms with van der Waals surface area (Å²) in [5.41, 5.74) is 2.93. The maximum atomic E-state index is 4.46. The molecule has 1 heterocycles. The topological polar surface area (TPSA) is 24.9 Å². The van der Waals surface area contributed by atoms with E-state index in [1.54, 1.807) is 0 Å². The third-order valence-electron chi connectivity index (χ3n) is 4.13. The first-order valence-electron chi connectivity index (χ1n) is 6.81. The molecule has 18 heavy (non-hydrogen) atoms. The van der Waals surface area contributed by atoms with Crippen LogP contribution >= 0.6 is 0 Å². The first-order chi connectivity index (χ1) is 8.74. The Balaban J connectivity index is 2.11. The van der Waals surface area contributed by atoms with E-state index in [1.807, 2.05) is 12.3 Å². The Labute approximate surface area is 108 Å². The molecule has 3 rings (SSSR count). The molecule has 0 aliphatic heterocycles. The van der Waals surface area contributed by atoms with Crippen LogP contribution < -0.4 is 5.32 Å². The molecule has 1 aromatic heterocycles. The first kappa shape index (κ1) is 11.7. The number of aromatic nitrogens is 1. The standard InChI is InChI=1S/C16H20N2/c1-3-17-15(16(2)9-10-16)13-6-4-8-14-12(13)7-5-11-18-14/h4-8,11,15,17H,3,9-10H2,1-2H3. The van der Waals surface area contributed by atoms with Gasteiger partial charge in [0.15, 0.2) is 0 Å². The van der Waals surface area contributed by atoms with Crippen molar-refractivity contribution in [2.24, 2.45) is 5.41 Å². The van der Waals surface area contributed by atoms with Crippen molar-refractivity contribution in [1.82, 2.24) is 10.3 Å². The van der Waals surface area contributed by atoms with Gasteiger partial charge in [0, 0.05) is 17.6 Å². The van der Waals surface area contributed by atoms with E-state index in [0.717, 1.165) is 12.1 Å². The maximum absolute atomic E-state index is 4.46. The van der Waals surface area contributed by atoms with Crippen LogP contribution in [0.3, 0.4) is 0 Å². The lowest BCUT2D eigenvalue weighted by atomic mass is 9.89. The highest BCUT2D eigenvalue weighted by atomic mass is 14.9. The highest BCUT2D eigenvalue weighted by Gasteiger charge is 2.45. The van der Waals surface area contributed by atoms with Crippen LogP contribution in [0.5, 0.6) is 0 Å². The van der Waals surface area contributed by atoms with Gasteiger partial charge in [0.1, 0.15) is 0 Å². The summed E-state index contributed by atoms with van der Waals surface area (Å²) in [6.07, 6.45) is 4.51. The van der Waals surface area contributed by atoms with Crippen molar-refractivity contribution < 1.29 is 0 Å². The van der Waals surface area contributed by atoms with E-state index < -0.39 is 0 Å². The number of rotatable bonds is 4. The number of benzene rings is 1. The third-order valence-corrected chi connectivity index (χ3v) is 4.13. The Kier molecular flexibility index (Phi) is 2.83. The predicted molar refractivity (Wildman–Crippen MR) is 75.5 cm³/mol. The fraction of sp³-hybridized carbons (Fsp3) is 0.438. The Bertz CT molecular complexity index is 553. The van der Waals surface area contributed by atoms with Gasteiger partial charge < -0.3 is 5.32 Å². The van der Waals surface area contributed by atoms with E-state index in [2.05, 4.69) is 48.4 Å². The van der Waals surface area contributed by atoms with Crippen LogP contribution in [0.1, 0.15) is 38.3 Å². The summed E-state index contributed by atoms with van der Waals surface area (Å²) in [5.74, 6) is 0. The number of hydrogen-bond acceptors (Lipinski definition) is 2. The summed E-state index contributed by atoms with van der Waals surface area (Å²) in [6, 6.07) is 11.1. The molecule has 2 aromatic rings. The number of pyridine rings is 1. The number of fused-ring (bicyclic) bond motifs is 1. The molecular formula is C16H20N2. The molecular weight excluding hydrogens is 220 g/mol. The van der Waals surface area contributed by atoms with Crippen molar-refractivity contribution in [2.75, 3.05) is 6.54 Å². The molecule has 0 spiro atoms. The van der Waals surface area contributed by atoms with Gasteiger partial charge in [0.25, 0.3) is 0 Å². The molecule has 1 aliphatic carbocycles. The van der Waals surface area contributed by atoms with Crippen molar-refractivity contribution in [3.05, 3.63) is 42.1 Å². The molecule has 2 heteroatoms. The van der Waals surface area contributed by atoms with Gasteiger partial charge in [-0.15, -0.1) is 0 Å². The molecule has 1 N–H and O–H groups in total. The zero-order valence-corrected chi connectivity index (χ0v) is 11.1. The van der Waals surface area contributed by atoms with Crippen molar-refractivity contribution in [3.8, 4) is 0 Å². The minimum absolute atomic E-state index is 0.431. The maximum Gasteiger partial charge on any atom is 0.0705 e. The average Bonchev–Trinajstić information content (AvgIpc) is 3.14. The lowest BCUT2D eigenvalue weighted by Gasteiger charge is -2.26. The molecule has 0 amide bonds. The molecule has 1 saturated carbocycles. The Morgan fingerprint density at radius 1 is 1.28 bits per heavy atom. The number of nitrogens with one attached hydrogen (secondary N) is 1. The largest absolute Gasteiger partial charge is 0.310 e. The van der Waals surface area contributed by atoms with Gasteiger partial charge in [-0.2, -0.15) is 0 Å². The van der Waals surface area contributed by atoms with Gasteiger partial charge >= 0.3 is 0 Å². The molecule has 1 atom stereocenters. The number of hydrogen-bond donors (Lipinski definition) is 1. The summed E-state index contributed by atoms with van der Waals surface area (Å²) in [6.45, 7) is 5.58. The highest BCUT2D eigenvalue weighted by molar-refractivity contribution is 5.82. The molecule has 0 radical (unpaired) electrons. The van der Waals surface area contributed by atoms with Crippen molar-refractivity contribution in [3.63, 3.8) is 0 Å². The Hall–Kier alpha value is -1.41. The zero-order chi connectivity index (χ0) is 12.6. The van der Waals surface area contributed by atoms with Crippen LogP contribution in [0.25, 0.3) is 10.9 Å². The number of nitrogens with zero attached hydrogens (tertiary/aromatic N) is 1. The summed E-state index contributed by atoms with van der Waals surface area (Å²) in [4.78, 5) is 4.46. The van der Waals surface area contributed by atoms with Gasteiger partial charge in [-0.1, -0.05) is 32.0 Å². The van der Waals surface area contributed by atoms with Crippen molar-refractivity contribution in [2.45, 2.75) is 32.7 Å². The van der Waals surface area contributed by atoms with Gasteiger partial charge in [-0.25, -0.2) is 0 Å². The predicted octanol–water partition coefficient (Wildman–Crippen LogP) is 3.69. The Morgan fingerprint density at radius 3 is 2.83 bits per heavy atom. The second-order valence-electron chi connectivity index (χ2n) is 5.56. The van der Waals surface area contributed by atoms with Gasteiger partial charge in [-0.05, 0) is 42.5 Å². The minimum atomic E-state index is 0.431. The van der Waals surface area contributed by atoms with Gasteiger partial charge in [0.05, 0.1) is 5.52 Å². The minimum Gasteiger partial charge on any atom is -0.310 e. The summed E-state index contributed by atoms with van der Waals surface area (Å²) in [7, 11) is 0. The lowest BCUT2D eigenvalue weighted by molar-refractivity contribution is 0.375. The summed E-state index contributed by atoms with van der Waals surface area (Å²) < 4.78 is 0. The summed E-state index contributed by atoms with van der Waals surface area (Å²) >= 11 is 0. The van der Waals surface area contributed by atoms with Crippen molar-refractivity contribution in [1.29, 1.82) is 0 Å². The van der Waals surface area contributed by atoms with E-state index >= 15 is 0 Å².